The Morgan fingerprint density at radius 3 is 2.21 bits per heavy atom. The van der Waals surface area contributed by atoms with Gasteiger partial charge in [-0.2, -0.15) is 4.99 Å². The fourth-order valence-corrected chi connectivity index (χ4v) is 5.48. The highest BCUT2D eigenvalue weighted by molar-refractivity contribution is 7.78. The van der Waals surface area contributed by atoms with Gasteiger partial charge in [0.1, 0.15) is 0 Å². The Hall–Kier alpha value is -0.980. The molecule has 2 aliphatic carbocycles. The van der Waals surface area contributed by atoms with E-state index >= 15 is 0 Å². The lowest BCUT2D eigenvalue weighted by molar-refractivity contribution is 0.142. The van der Waals surface area contributed by atoms with Crippen molar-refractivity contribution in [3.8, 4) is 0 Å². The van der Waals surface area contributed by atoms with Crippen molar-refractivity contribution in [1.82, 2.24) is 0 Å². The van der Waals surface area contributed by atoms with E-state index in [4.69, 9.17) is 12.2 Å². The number of hydrogen-bond donors (Lipinski definition) is 0. The Bertz CT molecular complexity index is 556. The molecular formula is C22H31NS. The lowest BCUT2D eigenvalue weighted by atomic mass is 9.61. The lowest BCUT2D eigenvalue weighted by Gasteiger charge is -2.44. The highest BCUT2D eigenvalue weighted by atomic mass is 32.1. The number of nitrogens with zero attached hydrogens (tertiary/aromatic N) is 1. The van der Waals surface area contributed by atoms with E-state index in [0.717, 1.165) is 17.5 Å². The Morgan fingerprint density at radius 2 is 1.62 bits per heavy atom. The van der Waals surface area contributed by atoms with Crippen LogP contribution in [0.5, 0.6) is 0 Å². The van der Waals surface area contributed by atoms with Crippen LogP contribution in [0.15, 0.2) is 29.3 Å². The molecule has 0 saturated heterocycles. The van der Waals surface area contributed by atoms with Crippen molar-refractivity contribution < 1.29 is 0 Å². The average Bonchev–Trinajstić information content (AvgIpc) is 2.64. The second kappa shape index (κ2) is 8.41. The summed E-state index contributed by atoms with van der Waals surface area (Å²) in [6.07, 6.45) is 15.6. The summed E-state index contributed by atoms with van der Waals surface area (Å²) in [5.74, 6) is 2.02. The Balaban J connectivity index is 1.71. The summed E-state index contributed by atoms with van der Waals surface area (Å²) >= 11 is 4.71. The molecule has 2 saturated carbocycles. The maximum atomic E-state index is 4.71. The SMILES string of the molecule is CCCC1(c2ccc(N=C=S)cc2)CCC(C2CCCCC2)CC1. The van der Waals surface area contributed by atoms with Gasteiger partial charge in [-0.3, -0.25) is 0 Å². The fourth-order valence-electron chi connectivity index (χ4n) is 5.37. The normalized spacial score (nSPS) is 28.3. The maximum absolute atomic E-state index is 4.71. The molecule has 1 aromatic carbocycles. The van der Waals surface area contributed by atoms with Gasteiger partial charge in [0, 0.05) is 0 Å². The topological polar surface area (TPSA) is 12.4 Å². The minimum atomic E-state index is 0.403. The van der Waals surface area contributed by atoms with Crippen LogP contribution in [0.3, 0.4) is 0 Å². The summed E-state index contributed by atoms with van der Waals surface area (Å²) in [4.78, 5) is 4.10. The van der Waals surface area contributed by atoms with E-state index in [9.17, 15) is 0 Å². The van der Waals surface area contributed by atoms with E-state index < -0.39 is 0 Å². The summed E-state index contributed by atoms with van der Waals surface area (Å²) in [6.45, 7) is 2.33. The predicted octanol–water partition coefficient (Wildman–Crippen LogP) is 7.23. The number of isothiocyanates is 1. The van der Waals surface area contributed by atoms with Crippen molar-refractivity contribution >= 4 is 23.1 Å². The molecule has 0 bridgehead atoms. The van der Waals surface area contributed by atoms with Crippen molar-refractivity contribution in [2.75, 3.05) is 0 Å². The first-order valence-electron chi connectivity index (χ1n) is 9.96. The van der Waals surface area contributed by atoms with Crippen LogP contribution in [0.25, 0.3) is 0 Å². The van der Waals surface area contributed by atoms with Crippen molar-refractivity contribution in [1.29, 1.82) is 0 Å². The number of benzene rings is 1. The van der Waals surface area contributed by atoms with Gasteiger partial charge in [0.25, 0.3) is 0 Å². The minimum Gasteiger partial charge on any atom is -0.195 e. The number of hydrogen-bond acceptors (Lipinski definition) is 2. The molecular weight excluding hydrogens is 310 g/mol. The van der Waals surface area contributed by atoms with Crippen LogP contribution in [-0.4, -0.2) is 5.16 Å². The molecule has 0 unspecified atom stereocenters. The minimum absolute atomic E-state index is 0.403. The van der Waals surface area contributed by atoms with Crippen LogP contribution in [0.1, 0.15) is 83.1 Å². The zero-order chi connectivity index (χ0) is 16.8. The number of aliphatic imine (C=N–C) groups is 1. The molecule has 0 N–H and O–H groups in total. The van der Waals surface area contributed by atoms with Crippen LogP contribution in [0.4, 0.5) is 5.69 Å². The average molecular weight is 342 g/mol. The molecule has 0 amide bonds. The van der Waals surface area contributed by atoms with Crippen molar-refractivity contribution in [3.05, 3.63) is 29.8 Å². The number of rotatable bonds is 5. The molecule has 0 heterocycles. The lowest BCUT2D eigenvalue weighted by Crippen LogP contribution is -2.34. The van der Waals surface area contributed by atoms with Gasteiger partial charge in [0.2, 0.25) is 0 Å². The third kappa shape index (κ3) is 3.98. The molecule has 0 aliphatic heterocycles. The van der Waals surface area contributed by atoms with Gasteiger partial charge in [0.15, 0.2) is 0 Å². The zero-order valence-corrected chi connectivity index (χ0v) is 15.9. The largest absolute Gasteiger partial charge is 0.195 e. The van der Waals surface area contributed by atoms with Gasteiger partial charge < -0.3 is 0 Å². The molecule has 3 rings (SSSR count). The monoisotopic (exact) mass is 341 g/mol. The van der Waals surface area contributed by atoms with Crippen LogP contribution in [0.2, 0.25) is 0 Å². The molecule has 1 aromatic rings. The standard InChI is InChI=1S/C22H31NS/c1-2-14-22(20-8-10-21(11-9-20)23-17-24)15-12-19(13-16-22)18-6-4-3-5-7-18/h8-11,18-19H,2-7,12-16H2,1H3. The van der Waals surface area contributed by atoms with Crippen LogP contribution in [0, 0.1) is 11.8 Å². The zero-order valence-electron chi connectivity index (χ0n) is 15.1. The summed E-state index contributed by atoms with van der Waals surface area (Å²) in [5.41, 5.74) is 2.85. The van der Waals surface area contributed by atoms with E-state index in [1.165, 1.54) is 76.2 Å². The van der Waals surface area contributed by atoms with Crippen molar-refractivity contribution in [2.24, 2.45) is 16.8 Å². The molecule has 1 nitrogen and oxygen atoms in total. The van der Waals surface area contributed by atoms with E-state index in [2.05, 4.69) is 41.3 Å². The molecule has 130 valence electrons. The Kier molecular flexibility index (Phi) is 6.25. The van der Waals surface area contributed by atoms with Crippen LogP contribution in [-0.2, 0) is 5.41 Å². The van der Waals surface area contributed by atoms with Crippen LogP contribution < -0.4 is 0 Å². The maximum Gasteiger partial charge on any atom is 0.0739 e. The fraction of sp³-hybridized carbons (Fsp3) is 0.682. The molecule has 24 heavy (non-hydrogen) atoms. The molecule has 0 atom stereocenters. The van der Waals surface area contributed by atoms with E-state index in [0.29, 0.717) is 5.41 Å². The Labute approximate surface area is 153 Å². The van der Waals surface area contributed by atoms with Gasteiger partial charge in [-0.25, -0.2) is 0 Å². The van der Waals surface area contributed by atoms with Gasteiger partial charge in [-0.15, -0.1) is 0 Å². The second-order valence-corrected chi connectivity index (χ2v) is 8.20. The van der Waals surface area contributed by atoms with E-state index in [1.54, 1.807) is 0 Å². The first kappa shape index (κ1) is 17.8. The number of thiocarbonyl (C=S) groups is 1. The molecule has 2 aliphatic rings. The van der Waals surface area contributed by atoms with Crippen LogP contribution >= 0.6 is 12.2 Å². The second-order valence-electron chi connectivity index (χ2n) is 8.02. The first-order chi connectivity index (χ1) is 11.8. The van der Waals surface area contributed by atoms with Gasteiger partial charge in [-0.1, -0.05) is 57.6 Å². The van der Waals surface area contributed by atoms with Gasteiger partial charge in [-0.05, 0) is 79.3 Å². The highest BCUT2D eigenvalue weighted by Gasteiger charge is 2.38. The molecule has 0 aromatic heterocycles. The van der Waals surface area contributed by atoms with Crippen molar-refractivity contribution in [3.63, 3.8) is 0 Å². The highest BCUT2D eigenvalue weighted by Crippen LogP contribution is 2.48. The predicted molar refractivity (Wildman–Crippen MR) is 106 cm³/mol. The van der Waals surface area contributed by atoms with E-state index in [-0.39, 0.29) is 0 Å². The van der Waals surface area contributed by atoms with Gasteiger partial charge in [0.05, 0.1) is 10.8 Å². The summed E-state index contributed by atoms with van der Waals surface area (Å²) < 4.78 is 0. The van der Waals surface area contributed by atoms with Crippen molar-refractivity contribution in [2.45, 2.75) is 83.0 Å². The molecule has 2 fully saturated rings. The quantitative estimate of drug-likeness (QED) is 0.406. The summed E-state index contributed by atoms with van der Waals surface area (Å²) in [6, 6.07) is 8.81. The smallest absolute Gasteiger partial charge is 0.0739 e. The third-order valence-electron chi connectivity index (χ3n) is 6.69. The summed E-state index contributed by atoms with van der Waals surface area (Å²) in [5, 5.41) is 2.47. The third-order valence-corrected chi connectivity index (χ3v) is 6.78. The Morgan fingerprint density at radius 1 is 1.00 bits per heavy atom. The first-order valence-corrected chi connectivity index (χ1v) is 10.4. The van der Waals surface area contributed by atoms with Gasteiger partial charge >= 0.3 is 0 Å². The molecule has 0 spiro atoms. The summed E-state index contributed by atoms with van der Waals surface area (Å²) in [7, 11) is 0. The molecule has 0 radical (unpaired) electrons. The van der Waals surface area contributed by atoms with E-state index in [1.807, 2.05) is 0 Å². The molecule has 2 heteroatoms.